The highest BCUT2D eigenvalue weighted by Gasteiger charge is 2.51. The molecule has 3 heterocycles. The standard InChI is InChI=1S/C28H32O17/c1-40-15-4-9(2-3-10(15)31)14-6-12(33)18-11(32)5-13(34)24(25(18)41-14)44-28-26(22(38)20(36)17(8-30)43-28)45-27-23(39)21(37)19(35)16(7-29)42-27/h2-6,16-17,19-23,26-32,34-39H,7-8H2,1H3/t16-,17-,19-,20-,21+,22+,23-,26-,27+,28+/m1/s1. The summed E-state index contributed by atoms with van der Waals surface area (Å²) in [4.78, 5) is 13.1. The number of aromatic hydroxyl groups is 3. The zero-order valence-electron chi connectivity index (χ0n) is 23.4. The Morgan fingerprint density at radius 2 is 1.40 bits per heavy atom. The molecule has 17 heteroatoms. The van der Waals surface area contributed by atoms with E-state index in [1.54, 1.807) is 0 Å². The molecule has 0 radical (unpaired) electrons. The van der Waals surface area contributed by atoms with Crippen molar-refractivity contribution in [3.63, 3.8) is 0 Å². The van der Waals surface area contributed by atoms with Crippen LogP contribution in [0.2, 0.25) is 0 Å². The molecule has 0 saturated carbocycles. The molecule has 2 fully saturated rings. The third-order valence-electron chi connectivity index (χ3n) is 7.58. The fraction of sp³-hybridized carbons (Fsp3) is 0.464. The van der Waals surface area contributed by atoms with Crippen molar-refractivity contribution >= 4 is 11.0 Å². The maximum atomic E-state index is 13.1. The van der Waals surface area contributed by atoms with E-state index in [2.05, 4.69) is 0 Å². The van der Waals surface area contributed by atoms with E-state index in [1.807, 2.05) is 0 Å². The Kier molecular flexibility index (Phi) is 9.38. The summed E-state index contributed by atoms with van der Waals surface area (Å²) in [7, 11) is 1.30. The molecule has 1 aromatic heterocycles. The molecule has 45 heavy (non-hydrogen) atoms. The number of methoxy groups -OCH3 is 1. The number of phenolic OH excluding ortho intramolecular Hbond substituents is 3. The van der Waals surface area contributed by atoms with E-state index in [9.17, 15) is 55.9 Å². The first-order valence-electron chi connectivity index (χ1n) is 13.5. The number of aliphatic hydroxyl groups excluding tert-OH is 7. The van der Waals surface area contributed by atoms with Crippen molar-refractivity contribution in [2.75, 3.05) is 20.3 Å². The molecule has 17 nitrogen and oxygen atoms in total. The van der Waals surface area contributed by atoms with E-state index in [4.69, 9.17) is 28.1 Å². The predicted molar refractivity (Wildman–Crippen MR) is 146 cm³/mol. The summed E-state index contributed by atoms with van der Waals surface area (Å²) in [6.07, 6.45) is -17.7. The van der Waals surface area contributed by atoms with Crippen molar-refractivity contribution in [3.8, 4) is 40.1 Å². The second-order valence-corrected chi connectivity index (χ2v) is 10.4. The van der Waals surface area contributed by atoms with Gasteiger partial charge < -0.3 is 79.2 Å². The van der Waals surface area contributed by atoms with Crippen LogP contribution in [-0.4, -0.2) is 133 Å². The Balaban J connectivity index is 1.57. The number of aliphatic hydroxyl groups is 7. The number of fused-ring (bicyclic) bond motifs is 1. The molecule has 2 aliphatic heterocycles. The van der Waals surface area contributed by atoms with Crippen molar-refractivity contribution in [2.24, 2.45) is 0 Å². The second kappa shape index (κ2) is 12.9. The normalized spacial score (nSPS) is 32.0. The SMILES string of the molecule is COc1cc(-c2cc(=O)c3c(O)cc(O)c(O[C@@H]4O[C@H](CO)[C@@H](O)[C@H](O)[C@H]4O[C@@H]4O[C@H](CO)[C@@H](O)[C@H](O)[C@H]4O)c3o2)ccc1O. The summed E-state index contributed by atoms with van der Waals surface area (Å²) in [6, 6.07) is 5.81. The van der Waals surface area contributed by atoms with Gasteiger partial charge in [0.05, 0.1) is 20.3 Å². The minimum absolute atomic E-state index is 0.0388. The lowest BCUT2D eigenvalue weighted by atomic mass is 9.97. The third-order valence-corrected chi connectivity index (χ3v) is 7.58. The number of benzene rings is 2. The number of hydrogen-bond acceptors (Lipinski definition) is 17. The van der Waals surface area contributed by atoms with Crippen molar-refractivity contribution < 1.29 is 79.2 Å². The molecule has 5 rings (SSSR count). The van der Waals surface area contributed by atoms with Gasteiger partial charge in [-0.3, -0.25) is 4.79 Å². The number of hydrogen-bond donors (Lipinski definition) is 10. The van der Waals surface area contributed by atoms with E-state index < -0.39 is 108 Å². The minimum atomic E-state index is -1.94. The third kappa shape index (κ3) is 5.98. The summed E-state index contributed by atoms with van der Waals surface area (Å²) in [6.45, 7) is -1.64. The van der Waals surface area contributed by atoms with Gasteiger partial charge in [0.1, 0.15) is 59.6 Å². The monoisotopic (exact) mass is 640 g/mol. The molecule has 10 N–H and O–H groups in total. The fourth-order valence-electron chi connectivity index (χ4n) is 5.11. The van der Waals surface area contributed by atoms with Crippen LogP contribution in [0, 0.1) is 0 Å². The van der Waals surface area contributed by atoms with Gasteiger partial charge in [-0.05, 0) is 18.2 Å². The lowest BCUT2D eigenvalue weighted by Gasteiger charge is -2.45. The van der Waals surface area contributed by atoms with Gasteiger partial charge in [-0.1, -0.05) is 0 Å². The quantitative estimate of drug-likeness (QED) is 0.123. The van der Waals surface area contributed by atoms with Gasteiger partial charge in [0.2, 0.25) is 12.0 Å². The second-order valence-electron chi connectivity index (χ2n) is 10.4. The maximum Gasteiger partial charge on any atom is 0.230 e. The van der Waals surface area contributed by atoms with E-state index in [1.165, 1.54) is 25.3 Å². The lowest BCUT2D eigenvalue weighted by molar-refractivity contribution is -0.357. The Labute approximate surface area is 252 Å². The van der Waals surface area contributed by atoms with Crippen molar-refractivity contribution in [1.29, 1.82) is 0 Å². The molecule has 10 atom stereocenters. The van der Waals surface area contributed by atoms with E-state index in [0.29, 0.717) is 0 Å². The van der Waals surface area contributed by atoms with Gasteiger partial charge in [-0.2, -0.15) is 0 Å². The highest BCUT2D eigenvalue weighted by Crippen LogP contribution is 2.43. The van der Waals surface area contributed by atoms with E-state index >= 15 is 0 Å². The van der Waals surface area contributed by atoms with Crippen molar-refractivity contribution in [3.05, 3.63) is 40.6 Å². The van der Waals surface area contributed by atoms with Crippen LogP contribution in [0.4, 0.5) is 0 Å². The van der Waals surface area contributed by atoms with Crippen LogP contribution >= 0.6 is 0 Å². The van der Waals surface area contributed by atoms with Crippen LogP contribution in [0.15, 0.2) is 39.5 Å². The molecule has 0 spiro atoms. The molecular weight excluding hydrogens is 608 g/mol. The van der Waals surface area contributed by atoms with Crippen LogP contribution in [0.1, 0.15) is 0 Å². The predicted octanol–water partition coefficient (Wildman–Crippen LogP) is -2.41. The van der Waals surface area contributed by atoms with Crippen molar-refractivity contribution in [1.82, 2.24) is 0 Å². The molecule has 246 valence electrons. The van der Waals surface area contributed by atoms with Crippen LogP contribution in [0.5, 0.6) is 28.7 Å². The van der Waals surface area contributed by atoms with Gasteiger partial charge in [0, 0.05) is 17.7 Å². The molecular formula is C28H32O17. The van der Waals surface area contributed by atoms with Crippen LogP contribution in [-0.2, 0) is 14.2 Å². The summed E-state index contributed by atoms with van der Waals surface area (Å²) >= 11 is 0. The highest BCUT2D eigenvalue weighted by atomic mass is 16.8. The zero-order valence-corrected chi connectivity index (χ0v) is 23.4. The summed E-state index contributed by atoms with van der Waals surface area (Å²) in [5.74, 6) is -2.40. The highest BCUT2D eigenvalue weighted by molar-refractivity contribution is 5.91. The molecule has 2 aromatic carbocycles. The molecule has 0 bridgehead atoms. The van der Waals surface area contributed by atoms with Gasteiger partial charge in [0.15, 0.2) is 40.7 Å². The minimum Gasteiger partial charge on any atom is -0.507 e. The van der Waals surface area contributed by atoms with Gasteiger partial charge >= 0.3 is 0 Å². The van der Waals surface area contributed by atoms with Gasteiger partial charge in [-0.15, -0.1) is 0 Å². The van der Waals surface area contributed by atoms with Crippen molar-refractivity contribution in [2.45, 2.75) is 61.4 Å². The molecule has 0 aliphatic carbocycles. The average Bonchev–Trinajstić information content (AvgIpc) is 3.02. The zero-order chi connectivity index (χ0) is 32.7. The van der Waals surface area contributed by atoms with Crippen LogP contribution in [0.25, 0.3) is 22.3 Å². The number of rotatable bonds is 8. The first kappa shape index (κ1) is 32.6. The molecule has 0 amide bonds. The Bertz CT molecular complexity index is 1570. The summed E-state index contributed by atoms with van der Waals surface area (Å²) in [5, 5.41) is 102. The molecule has 2 aliphatic rings. The lowest BCUT2D eigenvalue weighted by Crippen LogP contribution is -2.65. The van der Waals surface area contributed by atoms with Gasteiger partial charge in [0.25, 0.3) is 0 Å². The van der Waals surface area contributed by atoms with Gasteiger partial charge in [-0.25, -0.2) is 0 Å². The molecule has 3 aromatic rings. The number of ether oxygens (including phenoxy) is 5. The van der Waals surface area contributed by atoms with E-state index in [-0.39, 0.29) is 22.8 Å². The summed E-state index contributed by atoms with van der Waals surface area (Å²) < 4.78 is 33.3. The fourth-order valence-corrected chi connectivity index (χ4v) is 5.11. The Hall–Kier alpha value is -3.75. The number of phenols is 3. The average molecular weight is 641 g/mol. The van der Waals surface area contributed by atoms with E-state index in [0.717, 1.165) is 12.1 Å². The maximum absolute atomic E-state index is 13.1. The Morgan fingerprint density at radius 3 is 2.04 bits per heavy atom. The van der Waals surface area contributed by atoms with Crippen LogP contribution < -0.4 is 14.9 Å². The first-order chi connectivity index (χ1) is 21.4. The molecule has 2 saturated heterocycles. The Morgan fingerprint density at radius 1 is 0.756 bits per heavy atom. The van der Waals surface area contributed by atoms with Crippen LogP contribution in [0.3, 0.4) is 0 Å². The molecule has 0 unspecified atom stereocenters. The summed E-state index contributed by atoms with van der Waals surface area (Å²) in [5.41, 5.74) is -1.07. The first-order valence-corrected chi connectivity index (χ1v) is 13.5. The largest absolute Gasteiger partial charge is 0.507 e. The smallest absolute Gasteiger partial charge is 0.230 e. The topological polar surface area (TPSA) is 279 Å².